The fraction of sp³-hybridized carbons (Fsp3) is 0. The molecule has 2 rings (SSSR count). The second-order valence-electron chi connectivity index (χ2n) is 2.26. The van der Waals surface area contributed by atoms with E-state index in [2.05, 4.69) is 0 Å². The molecule has 0 spiro atoms. The van der Waals surface area contributed by atoms with Gasteiger partial charge in [0.05, 0.1) is 0 Å². The number of benzene rings is 1. The second kappa shape index (κ2) is 3.38. The van der Waals surface area contributed by atoms with Gasteiger partial charge in [-0.1, -0.05) is 18.2 Å². The molecule has 0 saturated carbocycles. The molecule has 0 aliphatic heterocycles. The summed E-state index contributed by atoms with van der Waals surface area (Å²) in [5.41, 5.74) is 0.768. The van der Waals surface area contributed by atoms with Crippen LogP contribution in [0.25, 0.3) is 11.0 Å². The second-order valence-corrected chi connectivity index (χ2v) is 2.26. The van der Waals surface area contributed by atoms with Gasteiger partial charge in [-0.3, -0.25) is 0 Å². The van der Waals surface area contributed by atoms with Crippen molar-refractivity contribution in [2.45, 2.75) is 0 Å². The van der Waals surface area contributed by atoms with Crippen LogP contribution in [0.3, 0.4) is 0 Å². The summed E-state index contributed by atoms with van der Waals surface area (Å²) in [7, 11) is 0. The first-order chi connectivity index (χ1) is 5.40. The van der Waals surface area contributed by atoms with Crippen LogP contribution < -0.4 is 0 Å². The Morgan fingerprint density at radius 2 is 2.00 bits per heavy atom. The van der Waals surface area contributed by atoms with Gasteiger partial charge in [0.1, 0.15) is 11.7 Å². The quantitative estimate of drug-likeness (QED) is 0.579. The highest BCUT2D eigenvalue weighted by molar-refractivity contribution is 6.92. The maximum Gasteiger partial charge on any atom is 0.204 e. The lowest BCUT2D eigenvalue weighted by Gasteiger charge is -1.81. The Morgan fingerprint density at radius 1 is 1.25 bits per heavy atom. The first-order valence-electron chi connectivity index (χ1n) is 3.29. The number of rotatable bonds is 0. The Bertz CT molecular complexity index is 394. The van der Waals surface area contributed by atoms with Crippen LogP contribution in [-0.2, 0) is 0 Å². The topological polar surface area (TPSA) is 36.9 Å². The molecule has 12 heavy (non-hydrogen) atoms. The molecular formula is C9H8NOP. The maximum absolute atomic E-state index is 8.49. The number of hydrogen-bond acceptors (Lipinski definition) is 2. The normalized spacial score (nSPS) is 8.92. The maximum atomic E-state index is 8.49. The molecule has 1 atom stereocenters. The van der Waals surface area contributed by atoms with Gasteiger partial charge in [-0.15, -0.1) is 0 Å². The smallest absolute Gasteiger partial charge is 0.204 e. The lowest BCUT2D eigenvalue weighted by molar-refractivity contribution is 0.599. The van der Waals surface area contributed by atoms with E-state index in [0.717, 1.165) is 11.0 Å². The molecule has 2 aromatic rings. The van der Waals surface area contributed by atoms with Crippen molar-refractivity contribution in [3.8, 4) is 6.07 Å². The summed E-state index contributed by atoms with van der Waals surface area (Å²) >= 11 is 0. The largest absolute Gasteiger partial charge is 0.446 e. The molecule has 0 saturated heterocycles. The number of para-hydroxylation sites is 1. The van der Waals surface area contributed by atoms with Crippen molar-refractivity contribution in [3.05, 3.63) is 36.1 Å². The summed E-state index contributed by atoms with van der Waals surface area (Å²) in [6, 6.07) is 11.2. The third-order valence-corrected chi connectivity index (χ3v) is 1.54. The van der Waals surface area contributed by atoms with E-state index in [1.807, 2.05) is 30.3 Å². The molecule has 1 unspecified atom stereocenters. The third kappa shape index (κ3) is 1.32. The number of fused-ring (bicyclic) bond motifs is 1. The SMILES string of the molecule is N#Cc1cc2ccccc2o1.P. The fourth-order valence-corrected chi connectivity index (χ4v) is 1.04. The average Bonchev–Trinajstić information content (AvgIpc) is 2.46. The summed E-state index contributed by atoms with van der Waals surface area (Å²) in [5, 5.41) is 9.47. The standard InChI is InChI=1S/C9H5NO.H3P/c10-6-8-5-7-3-1-2-4-9(7)11-8;/h1-5H;1H3. The molecule has 2 nitrogen and oxygen atoms in total. The van der Waals surface area contributed by atoms with E-state index in [-0.39, 0.29) is 9.90 Å². The van der Waals surface area contributed by atoms with Crippen LogP contribution in [0.5, 0.6) is 0 Å². The van der Waals surface area contributed by atoms with Crippen LogP contribution in [0.1, 0.15) is 5.76 Å². The van der Waals surface area contributed by atoms with Gasteiger partial charge in [0.25, 0.3) is 0 Å². The Balaban J connectivity index is 0.000000720. The molecule has 0 radical (unpaired) electrons. The van der Waals surface area contributed by atoms with Gasteiger partial charge in [0.15, 0.2) is 0 Å². The monoisotopic (exact) mass is 177 g/mol. The highest BCUT2D eigenvalue weighted by atomic mass is 31.0. The van der Waals surface area contributed by atoms with Crippen molar-refractivity contribution in [2.75, 3.05) is 0 Å². The molecule has 0 fully saturated rings. The summed E-state index contributed by atoms with van der Waals surface area (Å²) in [6.07, 6.45) is 0. The van der Waals surface area contributed by atoms with Crippen molar-refractivity contribution in [2.24, 2.45) is 0 Å². The van der Waals surface area contributed by atoms with Crippen molar-refractivity contribution in [3.63, 3.8) is 0 Å². The van der Waals surface area contributed by atoms with E-state index >= 15 is 0 Å². The average molecular weight is 177 g/mol. The molecule has 1 heterocycles. The summed E-state index contributed by atoms with van der Waals surface area (Å²) in [5.74, 6) is 0.367. The molecule has 0 bridgehead atoms. The zero-order chi connectivity index (χ0) is 7.68. The van der Waals surface area contributed by atoms with E-state index in [9.17, 15) is 0 Å². The van der Waals surface area contributed by atoms with Gasteiger partial charge in [0, 0.05) is 11.5 Å². The summed E-state index contributed by atoms with van der Waals surface area (Å²) in [4.78, 5) is 0. The number of nitrogens with zero attached hydrogens (tertiary/aromatic N) is 1. The predicted molar refractivity (Wildman–Crippen MR) is 52.0 cm³/mol. The first kappa shape index (κ1) is 8.77. The molecule has 0 aliphatic carbocycles. The lowest BCUT2D eigenvalue weighted by atomic mass is 10.2. The van der Waals surface area contributed by atoms with Gasteiger partial charge in [-0.2, -0.15) is 15.2 Å². The summed E-state index contributed by atoms with van der Waals surface area (Å²) in [6.45, 7) is 0. The van der Waals surface area contributed by atoms with Crippen molar-refractivity contribution in [1.82, 2.24) is 0 Å². The van der Waals surface area contributed by atoms with Crippen LogP contribution in [0.15, 0.2) is 34.7 Å². The highest BCUT2D eigenvalue weighted by Gasteiger charge is 1.99. The molecule has 0 amide bonds. The Hall–Kier alpha value is -1.32. The molecular weight excluding hydrogens is 169 g/mol. The molecule has 0 N–H and O–H groups in total. The van der Waals surface area contributed by atoms with Gasteiger partial charge in [0.2, 0.25) is 5.76 Å². The molecule has 1 aromatic carbocycles. The minimum Gasteiger partial charge on any atom is -0.446 e. The van der Waals surface area contributed by atoms with Crippen LogP contribution in [-0.4, -0.2) is 0 Å². The van der Waals surface area contributed by atoms with Gasteiger partial charge >= 0.3 is 0 Å². The zero-order valence-corrected chi connectivity index (χ0v) is 7.86. The van der Waals surface area contributed by atoms with Gasteiger partial charge < -0.3 is 4.42 Å². The van der Waals surface area contributed by atoms with Crippen molar-refractivity contribution < 1.29 is 4.42 Å². The molecule has 60 valence electrons. The number of furan rings is 1. The number of hydrogen-bond donors (Lipinski definition) is 0. The van der Waals surface area contributed by atoms with E-state index in [1.54, 1.807) is 6.07 Å². The lowest BCUT2D eigenvalue weighted by Crippen LogP contribution is -1.57. The minimum atomic E-state index is 0. The van der Waals surface area contributed by atoms with Gasteiger partial charge in [-0.05, 0) is 6.07 Å². The third-order valence-electron chi connectivity index (χ3n) is 1.54. The fourth-order valence-electron chi connectivity index (χ4n) is 1.04. The minimum absolute atomic E-state index is 0. The number of nitriles is 1. The zero-order valence-electron chi connectivity index (χ0n) is 6.45. The van der Waals surface area contributed by atoms with Crippen LogP contribution in [0.4, 0.5) is 0 Å². The highest BCUT2D eigenvalue weighted by Crippen LogP contribution is 2.17. The van der Waals surface area contributed by atoms with E-state index in [0.29, 0.717) is 5.76 Å². The predicted octanol–water partition coefficient (Wildman–Crippen LogP) is 2.36. The van der Waals surface area contributed by atoms with E-state index in [1.165, 1.54) is 0 Å². The van der Waals surface area contributed by atoms with Crippen LogP contribution in [0, 0.1) is 11.3 Å². The van der Waals surface area contributed by atoms with Gasteiger partial charge in [-0.25, -0.2) is 0 Å². The Labute approximate surface area is 73.4 Å². The summed E-state index contributed by atoms with van der Waals surface area (Å²) < 4.78 is 5.16. The Morgan fingerprint density at radius 3 is 2.67 bits per heavy atom. The van der Waals surface area contributed by atoms with Crippen LogP contribution >= 0.6 is 9.90 Å². The van der Waals surface area contributed by atoms with E-state index < -0.39 is 0 Å². The molecule has 1 aromatic heterocycles. The first-order valence-corrected chi connectivity index (χ1v) is 3.29. The molecule has 0 aliphatic rings. The van der Waals surface area contributed by atoms with Crippen LogP contribution in [0.2, 0.25) is 0 Å². The molecule has 3 heteroatoms. The Kier molecular flexibility index (Phi) is 2.47. The van der Waals surface area contributed by atoms with Crippen molar-refractivity contribution >= 4 is 20.9 Å². The van der Waals surface area contributed by atoms with Crippen molar-refractivity contribution in [1.29, 1.82) is 5.26 Å². The van der Waals surface area contributed by atoms with E-state index in [4.69, 9.17) is 9.68 Å².